The molecule has 2 aliphatic rings. The summed E-state index contributed by atoms with van der Waals surface area (Å²) in [6, 6.07) is 17.7. The Morgan fingerprint density at radius 3 is 2.52 bits per heavy atom. The van der Waals surface area contributed by atoms with Gasteiger partial charge in [-0.25, -0.2) is 0 Å². The third-order valence-corrected chi connectivity index (χ3v) is 6.08. The van der Waals surface area contributed by atoms with Crippen molar-refractivity contribution in [3.63, 3.8) is 0 Å². The molecule has 1 aliphatic carbocycles. The van der Waals surface area contributed by atoms with E-state index in [1.54, 1.807) is 0 Å². The predicted molar refractivity (Wildman–Crippen MR) is 109 cm³/mol. The number of nitrogens with one attached hydrogen (secondary N) is 1. The number of likely N-dealkylation sites (tertiary alicyclic amines) is 1. The molecular weight excluding hydrogens is 404 g/mol. The van der Waals surface area contributed by atoms with E-state index in [0.717, 1.165) is 36.0 Å². The number of halogens is 1. The number of piperidine rings is 1. The molecule has 4 rings (SSSR count). The van der Waals surface area contributed by atoms with E-state index in [2.05, 4.69) is 33.4 Å². The second kappa shape index (κ2) is 7.85. The van der Waals surface area contributed by atoms with Crippen LogP contribution in [0, 0.1) is 11.8 Å². The van der Waals surface area contributed by atoms with Crippen molar-refractivity contribution in [1.82, 2.24) is 4.90 Å². The fourth-order valence-electron chi connectivity index (χ4n) is 3.94. The van der Waals surface area contributed by atoms with Gasteiger partial charge in [-0.2, -0.15) is 0 Å². The molecule has 2 amide bonds. The van der Waals surface area contributed by atoms with Gasteiger partial charge in [0.25, 0.3) is 0 Å². The summed E-state index contributed by atoms with van der Waals surface area (Å²) < 4.78 is 1.05. The highest BCUT2D eigenvalue weighted by atomic mass is 79.9. The molecule has 1 saturated carbocycles. The van der Waals surface area contributed by atoms with Gasteiger partial charge >= 0.3 is 0 Å². The summed E-state index contributed by atoms with van der Waals surface area (Å²) in [6.07, 6.45) is 2.63. The van der Waals surface area contributed by atoms with Crippen molar-refractivity contribution in [2.45, 2.75) is 25.2 Å². The summed E-state index contributed by atoms with van der Waals surface area (Å²) in [4.78, 5) is 27.4. The lowest BCUT2D eigenvalue weighted by molar-refractivity contribution is -0.135. The van der Waals surface area contributed by atoms with E-state index in [9.17, 15) is 9.59 Å². The van der Waals surface area contributed by atoms with E-state index in [0.29, 0.717) is 12.5 Å². The zero-order chi connectivity index (χ0) is 18.8. The summed E-state index contributed by atoms with van der Waals surface area (Å²) in [5.74, 6) is 0.484. The number of nitrogens with zero attached hydrogens (tertiary/aromatic N) is 1. The molecule has 140 valence electrons. The number of hydrogen-bond acceptors (Lipinski definition) is 2. The summed E-state index contributed by atoms with van der Waals surface area (Å²) in [5, 5.41) is 2.97. The SMILES string of the molecule is O=C(Nc1ccccc1)C1CCCN(C(=O)C2CC2c2ccc(Br)cc2)C1. The first kappa shape index (κ1) is 18.2. The third kappa shape index (κ3) is 4.24. The van der Waals surface area contributed by atoms with E-state index in [1.165, 1.54) is 5.56 Å². The molecule has 3 unspecified atom stereocenters. The second-order valence-electron chi connectivity index (χ2n) is 7.48. The Bertz CT molecular complexity index is 822. The minimum atomic E-state index is -0.132. The second-order valence-corrected chi connectivity index (χ2v) is 8.39. The number of rotatable bonds is 4. The van der Waals surface area contributed by atoms with Crippen LogP contribution in [-0.4, -0.2) is 29.8 Å². The van der Waals surface area contributed by atoms with Crippen molar-refractivity contribution in [3.05, 3.63) is 64.6 Å². The zero-order valence-corrected chi connectivity index (χ0v) is 16.7. The van der Waals surface area contributed by atoms with Gasteiger partial charge in [0.1, 0.15) is 0 Å². The minimum absolute atomic E-state index is 0.0129. The molecule has 1 N–H and O–H groups in total. The Kier molecular flexibility index (Phi) is 5.30. The Balaban J connectivity index is 1.35. The van der Waals surface area contributed by atoms with Gasteiger partial charge < -0.3 is 10.2 Å². The molecule has 1 aliphatic heterocycles. The number of carbonyl (C=O) groups excluding carboxylic acids is 2. The molecular formula is C22H23BrN2O2. The van der Waals surface area contributed by atoms with Gasteiger partial charge in [0.05, 0.1) is 5.92 Å². The number of benzene rings is 2. The van der Waals surface area contributed by atoms with Crippen LogP contribution in [0.4, 0.5) is 5.69 Å². The maximum atomic E-state index is 12.9. The van der Waals surface area contributed by atoms with Crippen LogP contribution in [-0.2, 0) is 9.59 Å². The monoisotopic (exact) mass is 426 g/mol. The van der Waals surface area contributed by atoms with E-state index in [1.807, 2.05) is 47.4 Å². The molecule has 3 atom stereocenters. The average Bonchev–Trinajstić information content (AvgIpc) is 3.50. The summed E-state index contributed by atoms with van der Waals surface area (Å²) in [6.45, 7) is 1.29. The zero-order valence-electron chi connectivity index (χ0n) is 15.1. The van der Waals surface area contributed by atoms with E-state index >= 15 is 0 Å². The van der Waals surface area contributed by atoms with Gasteiger partial charge in [-0.15, -0.1) is 0 Å². The molecule has 0 spiro atoms. The molecule has 5 heteroatoms. The van der Waals surface area contributed by atoms with Crippen molar-refractivity contribution in [3.8, 4) is 0 Å². The van der Waals surface area contributed by atoms with E-state index in [4.69, 9.17) is 0 Å². The molecule has 0 aromatic heterocycles. The highest BCUT2D eigenvalue weighted by molar-refractivity contribution is 9.10. The quantitative estimate of drug-likeness (QED) is 0.785. The van der Waals surface area contributed by atoms with Crippen LogP contribution in [0.15, 0.2) is 59.1 Å². The number of amides is 2. The molecule has 4 nitrogen and oxygen atoms in total. The van der Waals surface area contributed by atoms with Gasteiger partial charge in [0.2, 0.25) is 11.8 Å². The van der Waals surface area contributed by atoms with Crippen LogP contribution in [0.5, 0.6) is 0 Å². The molecule has 1 saturated heterocycles. The number of hydrogen-bond donors (Lipinski definition) is 1. The maximum Gasteiger partial charge on any atom is 0.229 e. The van der Waals surface area contributed by atoms with Gasteiger partial charge in [-0.3, -0.25) is 9.59 Å². The van der Waals surface area contributed by atoms with Crippen LogP contribution in [0.25, 0.3) is 0 Å². The standard InChI is InChI=1S/C22H23BrN2O2/c23-17-10-8-15(9-11-17)19-13-20(19)22(27)25-12-4-5-16(14-25)21(26)24-18-6-2-1-3-7-18/h1-3,6-11,16,19-20H,4-5,12-14H2,(H,24,26). The predicted octanol–water partition coefficient (Wildman–Crippen LogP) is 4.43. The van der Waals surface area contributed by atoms with Crippen LogP contribution >= 0.6 is 15.9 Å². The fourth-order valence-corrected chi connectivity index (χ4v) is 4.20. The largest absolute Gasteiger partial charge is 0.342 e. The minimum Gasteiger partial charge on any atom is -0.342 e. The summed E-state index contributed by atoms with van der Waals surface area (Å²) >= 11 is 3.45. The Labute approximate surface area is 168 Å². The third-order valence-electron chi connectivity index (χ3n) is 5.55. The molecule has 2 aromatic rings. The molecule has 0 bridgehead atoms. The molecule has 27 heavy (non-hydrogen) atoms. The van der Waals surface area contributed by atoms with Gasteiger partial charge in [0, 0.05) is 29.2 Å². The number of anilines is 1. The smallest absolute Gasteiger partial charge is 0.229 e. The van der Waals surface area contributed by atoms with Crippen molar-refractivity contribution < 1.29 is 9.59 Å². The van der Waals surface area contributed by atoms with Crippen LogP contribution in [0.3, 0.4) is 0 Å². The van der Waals surface area contributed by atoms with E-state index in [-0.39, 0.29) is 23.7 Å². The van der Waals surface area contributed by atoms with Crippen molar-refractivity contribution >= 4 is 33.4 Å². The van der Waals surface area contributed by atoms with Crippen molar-refractivity contribution in [2.75, 3.05) is 18.4 Å². The lowest BCUT2D eigenvalue weighted by Gasteiger charge is -2.32. The first-order valence-electron chi connectivity index (χ1n) is 9.52. The van der Waals surface area contributed by atoms with Gasteiger partial charge in [-0.1, -0.05) is 46.3 Å². The molecule has 2 fully saturated rings. The maximum absolute atomic E-state index is 12.9. The lowest BCUT2D eigenvalue weighted by Crippen LogP contribution is -2.44. The lowest BCUT2D eigenvalue weighted by atomic mass is 9.96. The first-order chi connectivity index (χ1) is 13.1. The highest BCUT2D eigenvalue weighted by Crippen LogP contribution is 2.49. The van der Waals surface area contributed by atoms with Crippen LogP contribution < -0.4 is 5.32 Å². The average molecular weight is 427 g/mol. The molecule has 2 aromatic carbocycles. The Morgan fingerprint density at radius 2 is 1.78 bits per heavy atom. The summed E-state index contributed by atoms with van der Waals surface area (Å²) in [7, 11) is 0. The normalized spacial score (nSPS) is 24.3. The molecule has 0 radical (unpaired) electrons. The van der Waals surface area contributed by atoms with Crippen molar-refractivity contribution in [1.29, 1.82) is 0 Å². The Morgan fingerprint density at radius 1 is 1.04 bits per heavy atom. The van der Waals surface area contributed by atoms with E-state index < -0.39 is 0 Å². The molecule has 1 heterocycles. The number of para-hydroxylation sites is 1. The van der Waals surface area contributed by atoms with Gasteiger partial charge in [-0.05, 0) is 55.0 Å². The Hall–Kier alpha value is -2.14. The van der Waals surface area contributed by atoms with Gasteiger partial charge in [0.15, 0.2) is 0 Å². The topological polar surface area (TPSA) is 49.4 Å². The van der Waals surface area contributed by atoms with Crippen LogP contribution in [0.2, 0.25) is 0 Å². The highest BCUT2D eigenvalue weighted by Gasteiger charge is 2.46. The van der Waals surface area contributed by atoms with Crippen LogP contribution in [0.1, 0.15) is 30.7 Å². The first-order valence-corrected chi connectivity index (χ1v) is 10.3. The number of carbonyl (C=O) groups is 2. The summed E-state index contributed by atoms with van der Waals surface area (Å²) in [5.41, 5.74) is 2.04. The van der Waals surface area contributed by atoms with Crippen molar-refractivity contribution in [2.24, 2.45) is 11.8 Å². The fraction of sp³-hybridized carbons (Fsp3) is 0.364.